The van der Waals surface area contributed by atoms with Crippen molar-refractivity contribution in [2.45, 2.75) is 13.0 Å². The summed E-state index contributed by atoms with van der Waals surface area (Å²) in [5.41, 5.74) is 3.14. The average Bonchev–Trinajstić information content (AvgIpc) is 2.80. The van der Waals surface area contributed by atoms with E-state index in [9.17, 15) is 14.4 Å². The van der Waals surface area contributed by atoms with Crippen LogP contribution in [0.15, 0.2) is 77.7 Å². The molecule has 0 unspecified atom stereocenters. The highest BCUT2D eigenvalue weighted by Gasteiger charge is 2.12. The number of ether oxygens (including phenoxy) is 1. The lowest BCUT2D eigenvalue weighted by atomic mass is 10.0. The molecule has 0 radical (unpaired) electrons. The molecular formula is C25H18INO5. The molecule has 0 bridgehead atoms. The van der Waals surface area contributed by atoms with E-state index in [-0.39, 0.29) is 17.6 Å². The van der Waals surface area contributed by atoms with E-state index in [1.807, 2.05) is 24.3 Å². The van der Waals surface area contributed by atoms with Gasteiger partial charge in [-0.1, -0.05) is 24.3 Å². The molecular weight excluding hydrogens is 521 g/mol. The largest absolute Gasteiger partial charge is 0.478 e. The molecule has 0 saturated heterocycles. The molecule has 32 heavy (non-hydrogen) atoms. The molecule has 2 N–H and O–H groups in total. The number of aromatic nitrogens is 1. The fourth-order valence-corrected chi connectivity index (χ4v) is 3.68. The number of H-pyrrole nitrogens is 1. The summed E-state index contributed by atoms with van der Waals surface area (Å²) in [7, 11) is 0. The van der Waals surface area contributed by atoms with Crippen molar-refractivity contribution in [1.29, 1.82) is 0 Å². The Morgan fingerprint density at radius 3 is 2.25 bits per heavy atom. The van der Waals surface area contributed by atoms with Gasteiger partial charge in [0.1, 0.15) is 6.61 Å². The standard InChI is InChI=1S/C25H18INO5/c26-20-8-3-16(4-9-20)14-32-25(31)18-7-10-22-21(12-18)23(28)19(13-27-22)11-15-1-5-17(6-2-15)24(29)30/h1-10,12-13H,11,14H2,(H,27,28)(H,29,30). The minimum Gasteiger partial charge on any atom is -0.478 e. The first-order valence-electron chi connectivity index (χ1n) is 9.79. The number of aromatic amines is 1. The summed E-state index contributed by atoms with van der Waals surface area (Å²) in [6, 6.07) is 18.9. The van der Waals surface area contributed by atoms with Gasteiger partial charge in [-0.15, -0.1) is 0 Å². The second-order valence-corrected chi connectivity index (χ2v) is 8.53. The molecule has 0 aliphatic carbocycles. The van der Waals surface area contributed by atoms with Gasteiger partial charge in [-0.3, -0.25) is 4.79 Å². The van der Waals surface area contributed by atoms with Crippen LogP contribution in [-0.2, 0) is 17.8 Å². The van der Waals surface area contributed by atoms with E-state index in [1.54, 1.807) is 36.5 Å². The number of pyridine rings is 1. The molecule has 0 amide bonds. The lowest BCUT2D eigenvalue weighted by Gasteiger charge is -2.08. The fraction of sp³-hybridized carbons (Fsp3) is 0.0800. The number of hydrogen-bond acceptors (Lipinski definition) is 4. The van der Waals surface area contributed by atoms with Gasteiger partial charge < -0.3 is 14.8 Å². The van der Waals surface area contributed by atoms with Gasteiger partial charge in [0.25, 0.3) is 0 Å². The number of carbonyl (C=O) groups excluding carboxylic acids is 1. The zero-order valence-electron chi connectivity index (χ0n) is 16.8. The van der Waals surface area contributed by atoms with Crippen LogP contribution in [0.2, 0.25) is 0 Å². The van der Waals surface area contributed by atoms with Gasteiger partial charge in [-0.05, 0) is 76.2 Å². The first-order chi connectivity index (χ1) is 15.4. The van der Waals surface area contributed by atoms with E-state index < -0.39 is 11.9 Å². The average molecular weight is 539 g/mol. The molecule has 1 heterocycles. The third-order valence-corrected chi connectivity index (χ3v) is 5.79. The van der Waals surface area contributed by atoms with Crippen LogP contribution in [0.25, 0.3) is 10.9 Å². The maximum Gasteiger partial charge on any atom is 0.338 e. The monoisotopic (exact) mass is 539 g/mol. The van der Waals surface area contributed by atoms with Gasteiger partial charge in [-0.2, -0.15) is 0 Å². The number of halogens is 1. The van der Waals surface area contributed by atoms with Crippen molar-refractivity contribution in [2.24, 2.45) is 0 Å². The summed E-state index contributed by atoms with van der Waals surface area (Å²) < 4.78 is 6.49. The molecule has 3 aromatic carbocycles. The van der Waals surface area contributed by atoms with Crippen LogP contribution in [0.5, 0.6) is 0 Å². The van der Waals surface area contributed by atoms with Crippen LogP contribution in [0.4, 0.5) is 0 Å². The predicted octanol–water partition coefficient (Wildman–Crippen LogP) is 4.78. The number of rotatable bonds is 6. The van der Waals surface area contributed by atoms with E-state index in [2.05, 4.69) is 27.6 Å². The van der Waals surface area contributed by atoms with E-state index in [4.69, 9.17) is 9.84 Å². The van der Waals surface area contributed by atoms with Crippen molar-refractivity contribution in [3.05, 3.63) is 115 Å². The SMILES string of the molecule is O=C(O)c1ccc(Cc2c[nH]c3ccc(C(=O)OCc4ccc(I)cc4)cc3c2=O)cc1. The molecule has 4 aromatic rings. The normalized spacial score (nSPS) is 10.8. The molecule has 0 saturated carbocycles. The van der Waals surface area contributed by atoms with Gasteiger partial charge in [0.2, 0.25) is 0 Å². The third kappa shape index (κ3) is 4.88. The van der Waals surface area contributed by atoms with E-state index in [1.165, 1.54) is 12.1 Å². The Kier molecular flexibility index (Phi) is 6.36. The highest BCUT2D eigenvalue weighted by atomic mass is 127. The quantitative estimate of drug-likeness (QED) is 0.272. The first-order valence-corrected chi connectivity index (χ1v) is 10.9. The molecule has 0 aliphatic heterocycles. The van der Waals surface area contributed by atoms with Crippen LogP contribution in [0.3, 0.4) is 0 Å². The number of aromatic carboxylic acids is 1. The maximum atomic E-state index is 13.0. The second-order valence-electron chi connectivity index (χ2n) is 7.28. The smallest absolute Gasteiger partial charge is 0.338 e. The summed E-state index contributed by atoms with van der Waals surface area (Å²) in [6.45, 7) is 0.149. The zero-order valence-corrected chi connectivity index (χ0v) is 19.0. The van der Waals surface area contributed by atoms with Gasteiger partial charge in [-0.25, -0.2) is 9.59 Å². The van der Waals surface area contributed by atoms with Crippen molar-refractivity contribution in [1.82, 2.24) is 4.98 Å². The van der Waals surface area contributed by atoms with Gasteiger partial charge in [0.15, 0.2) is 5.43 Å². The van der Waals surface area contributed by atoms with Crippen LogP contribution < -0.4 is 5.43 Å². The molecule has 0 atom stereocenters. The molecule has 0 aliphatic rings. The van der Waals surface area contributed by atoms with Gasteiger partial charge in [0.05, 0.1) is 11.1 Å². The zero-order chi connectivity index (χ0) is 22.7. The Balaban J connectivity index is 1.55. The Labute approximate surface area is 197 Å². The molecule has 7 heteroatoms. The van der Waals surface area contributed by atoms with Crippen molar-refractivity contribution in [3.63, 3.8) is 0 Å². The minimum absolute atomic E-state index is 0.149. The lowest BCUT2D eigenvalue weighted by Crippen LogP contribution is -2.12. The van der Waals surface area contributed by atoms with E-state index in [0.29, 0.717) is 28.5 Å². The molecule has 0 spiro atoms. The summed E-state index contributed by atoms with van der Waals surface area (Å²) in [5.74, 6) is -1.50. The van der Waals surface area contributed by atoms with Crippen molar-refractivity contribution in [2.75, 3.05) is 0 Å². The lowest BCUT2D eigenvalue weighted by molar-refractivity contribution is 0.0472. The Bertz CT molecular complexity index is 1360. The molecule has 1 aromatic heterocycles. The van der Waals surface area contributed by atoms with Crippen LogP contribution in [-0.4, -0.2) is 22.0 Å². The summed E-state index contributed by atoms with van der Waals surface area (Å²) in [6.07, 6.45) is 1.98. The number of fused-ring (bicyclic) bond motifs is 1. The Hall–Kier alpha value is -3.46. The minimum atomic E-state index is -0.999. The van der Waals surface area contributed by atoms with Crippen molar-refractivity contribution in [3.8, 4) is 0 Å². The molecule has 160 valence electrons. The summed E-state index contributed by atoms with van der Waals surface area (Å²) in [5, 5.41) is 9.42. The van der Waals surface area contributed by atoms with Crippen LogP contribution >= 0.6 is 22.6 Å². The van der Waals surface area contributed by atoms with Gasteiger partial charge in [0, 0.05) is 32.7 Å². The number of esters is 1. The maximum absolute atomic E-state index is 13.0. The number of nitrogens with one attached hydrogen (secondary N) is 1. The number of hydrogen-bond donors (Lipinski definition) is 2. The Morgan fingerprint density at radius 1 is 0.906 bits per heavy atom. The highest BCUT2D eigenvalue weighted by molar-refractivity contribution is 14.1. The van der Waals surface area contributed by atoms with Crippen molar-refractivity contribution < 1.29 is 19.4 Å². The number of carbonyl (C=O) groups is 2. The molecule has 0 fully saturated rings. The molecule has 6 nitrogen and oxygen atoms in total. The summed E-state index contributed by atoms with van der Waals surface area (Å²) in [4.78, 5) is 39.6. The van der Waals surface area contributed by atoms with Gasteiger partial charge >= 0.3 is 11.9 Å². The number of carboxylic acids is 1. The summed E-state index contributed by atoms with van der Waals surface area (Å²) >= 11 is 2.21. The highest BCUT2D eigenvalue weighted by Crippen LogP contribution is 2.16. The Morgan fingerprint density at radius 2 is 1.56 bits per heavy atom. The fourth-order valence-electron chi connectivity index (χ4n) is 3.32. The molecule has 4 rings (SSSR count). The third-order valence-electron chi connectivity index (χ3n) is 5.07. The topological polar surface area (TPSA) is 96.5 Å². The number of benzene rings is 3. The van der Waals surface area contributed by atoms with Crippen LogP contribution in [0.1, 0.15) is 37.4 Å². The van der Waals surface area contributed by atoms with Crippen molar-refractivity contribution >= 4 is 45.4 Å². The van der Waals surface area contributed by atoms with E-state index in [0.717, 1.165) is 14.7 Å². The second kappa shape index (κ2) is 9.35. The first kappa shape index (κ1) is 21.8. The predicted molar refractivity (Wildman–Crippen MR) is 129 cm³/mol. The van der Waals surface area contributed by atoms with E-state index >= 15 is 0 Å². The number of carboxylic acid groups (broad SMARTS) is 1. The van der Waals surface area contributed by atoms with Crippen LogP contribution in [0, 0.1) is 3.57 Å².